The highest BCUT2D eigenvalue weighted by Crippen LogP contribution is 2.42. The van der Waals surface area contributed by atoms with E-state index in [2.05, 4.69) is 16.0 Å². The van der Waals surface area contributed by atoms with Crippen LogP contribution >= 0.6 is 7.82 Å². The number of aliphatic hydroxyl groups excluding tert-OH is 1. The number of ether oxygens (including phenoxy) is 1. The number of phosphoric acid groups is 1. The second kappa shape index (κ2) is 19.3. The Hall–Kier alpha value is -0.0100. The summed E-state index contributed by atoms with van der Waals surface area (Å²) in [7, 11) is -4.13. The first-order valence-electron chi connectivity index (χ1n) is 10.6. The Balaban J connectivity index is 3.31. The summed E-state index contributed by atoms with van der Waals surface area (Å²) in [5.74, 6) is 0. The second-order valence-corrected chi connectivity index (χ2v) is 8.46. The smallest absolute Gasteiger partial charge is 0.388 e. The van der Waals surface area contributed by atoms with Gasteiger partial charge in [-0.2, -0.15) is 0 Å². The van der Waals surface area contributed by atoms with E-state index in [-0.39, 0.29) is 26.4 Å². The zero-order valence-corrected chi connectivity index (χ0v) is 18.0. The molecule has 4 N–H and O–H groups in total. The molecule has 0 aromatic rings. The lowest BCUT2D eigenvalue weighted by Gasteiger charge is -2.15. The number of nitrogens with two attached hydrogens (primary N) is 1. The molecule has 0 heterocycles. The molecular formula is C19H42NO6P. The fraction of sp³-hybridized carbons (Fsp3) is 1.00. The van der Waals surface area contributed by atoms with Crippen LogP contribution in [0.15, 0.2) is 0 Å². The van der Waals surface area contributed by atoms with Crippen LogP contribution < -0.4 is 5.73 Å². The molecule has 7 nitrogen and oxygen atoms in total. The van der Waals surface area contributed by atoms with Crippen LogP contribution in [0.2, 0.25) is 0 Å². The number of hydrogen-bond acceptors (Lipinski definition) is 6. The molecule has 0 saturated heterocycles. The molecule has 8 heteroatoms. The molecule has 0 aliphatic carbocycles. The Bertz CT molecular complexity index is 359. The van der Waals surface area contributed by atoms with Crippen molar-refractivity contribution in [2.45, 2.75) is 90.1 Å². The van der Waals surface area contributed by atoms with Gasteiger partial charge < -0.3 is 20.5 Å². The fourth-order valence-electron chi connectivity index (χ4n) is 2.70. The minimum absolute atomic E-state index is 0.0701. The topological polar surface area (TPSA) is 111 Å². The summed E-state index contributed by atoms with van der Waals surface area (Å²) in [4.78, 5) is 9.29. The van der Waals surface area contributed by atoms with Crippen LogP contribution in [0.4, 0.5) is 0 Å². The van der Waals surface area contributed by atoms with Gasteiger partial charge in [-0.15, -0.1) is 0 Å². The summed E-state index contributed by atoms with van der Waals surface area (Å²) in [5.41, 5.74) is 5.18. The summed E-state index contributed by atoms with van der Waals surface area (Å²) in [5, 5.41) is 9.67. The molecule has 164 valence electrons. The molecule has 0 bridgehead atoms. The zero-order chi connectivity index (χ0) is 20.2. The molecule has 0 fully saturated rings. The minimum Gasteiger partial charge on any atom is -0.388 e. The Morgan fingerprint density at radius 2 is 1.33 bits per heavy atom. The molecule has 0 aromatic carbocycles. The van der Waals surface area contributed by atoms with Crippen molar-refractivity contribution in [2.75, 3.05) is 33.0 Å². The van der Waals surface area contributed by atoms with Crippen molar-refractivity contribution in [3.8, 4) is 0 Å². The number of rotatable bonds is 21. The van der Waals surface area contributed by atoms with Crippen LogP contribution in [0.1, 0.15) is 84.0 Å². The Kier molecular flexibility index (Phi) is 19.3. The number of phosphoric ester groups is 1. The van der Waals surface area contributed by atoms with E-state index in [9.17, 15) is 14.6 Å². The maximum atomic E-state index is 11.4. The summed E-state index contributed by atoms with van der Waals surface area (Å²) in [6.45, 7) is 2.65. The molecule has 2 atom stereocenters. The van der Waals surface area contributed by atoms with Crippen molar-refractivity contribution in [1.29, 1.82) is 0 Å². The average molecular weight is 412 g/mol. The van der Waals surface area contributed by atoms with Gasteiger partial charge in [-0.1, -0.05) is 77.6 Å². The Morgan fingerprint density at radius 3 is 1.85 bits per heavy atom. The molecule has 0 rings (SSSR count). The first-order valence-corrected chi connectivity index (χ1v) is 12.1. The summed E-state index contributed by atoms with van der Waals surface area (Å²) in [6.07, 6.45) is 14.5. The summed E-state index contributed by atoms with van der Waals surface area (Å²) in [6, 6.07) is 0. The van der Waals surface area contributed by atoms with E-state index in [0.29, 0.717) is 6.61 Å². The van der Waals surface area contributed by atoms with Crippen molar-refractivity contribution in [2.24, 2.45) is 5.73 Å². The molecule has 0 spiro atoms. The SMILES string of the molecule is CCCCCCCCCCCCCCOCC(O)COP(=O)(O)OCCN. The van der Waals surface area contributed by atoms with Crippen molar-refractivity contribution < 1.29 is 28.3 Å². The number of unbranched alkanes of at least 4 members (excludes halogenated alkanes) is 11. The van der Waals surface area contributed by atoms with E-state index in [1.165, 1.54) is 64.2 Å². The first-order chi connectivity index (χ1) is 13.0. The molecule has 0 aliphatic heterocycles. The predicted octanol–water partition coefficient (Wildman–Crippen LogP) is 4.16. The highest BCUT2D eigenvalue weighted by Gasteiger charge is 2.22. The van der Waals surface area contributed by atoms with Crippen LogP contribution in [0.3, 0.4) is 0 Å². The van der Waals surface area contributed by atoms with E-state index in [1.807, 2.05) is 0 Å². The van der Waals surface area contributed by atoms with Crippen LogP contribution in [0, 0.1) is 0 Å². The quantitative estimate of drug-likeness (QED) is 0.192. The van der Waals surface area contributed by atoms with Gasteiger partial charge in [0.1, 0.15) is 6.10 Å². The molecule has 27 heavy (non-hydrogen) atoms. The van der Waals surface area contributed by atoms with Crippen molar-refractivity contribution >= 4 is 7.82 Å². The molecule has 0 aliphatic rings. The van der Waals surface area contributed by atoms with E-state index in [1.54, 1.807) is 0 Å². The van der Waals surface area contributed by atoms with E-state index in [0.717, 1.165) is 12.8 Å². The Morgan fingerprint density at radius 1 is 0.815 bits per heavy atom. The Labute approximate surface area is 165 Å². The van der Waals surface area contributed by atoms with Gasteiger partial charge in [0.05, 0.1) is 19.8 Å². The van der Waals surface area contributed by atoms with Crippen LogP contribution in [-0.4, -0.2) is 49.1 Å². The number of aliphatic hydroxyl groups is 1. The average Bonchev–Trinajstić information content (AvgIpc) is 2.65. The monoisotopic (exact) mass is 411 g/mol. The lowest BCUT2D eigenvalue weighted by molar-refractivity contribution is 0.00230. The lowest BCUT2D eigenvalue weighted by atomic mass is 10.1. The molecule has 0 amide bonds. The molecule has 0 aromatic heterocycles. The molecule has 0 saturated carbocycles. The van der Waals surface area contributed by atoms with Gasteiger partial charge in [-0.25, -0.2) is 4.57 Å². The minimum atomic E-state index is -4.13. The van der Waals surface area contributed by atoms with Crippen LogP contribution in [-0.2, 0) is 18.3 Å². The van der Waals surface area contributed by atoms with Gasteiger partial charge in [0.2, 0.25) is 0 Å². The first kappa shape index (κ1) is 27.0. The largest absolute Gasteiger partial charge is 0.472 e. The summed E-state index contributed by atoms with van der Waals surface area (Å²) < 4.78 is 26.0. The van der Waals surface area contributed by atoms with E-state index < -0.39 is 13.9 Å². The third kappa shape index (κ3) is 20.5. The van der Waals surface area contributed by atoms with E-state index >= 15 is 0 Å². The third-order valence-electron chi connectivity index (χ3n) is 4.25. The number of hydrogen-bond donors (Lipinski definition) is 3. The van der Waals surface area contributed by atoms with Gasteiger partial charge in [0, 0.05) is 13.2 Å². The fourth-order valence-corrected chi connectivity index (χ4v) is 3.47. The van der Waals surface area contributed by atoms with E-state index in [4.69, 9.17) is 10.5 Å². The van der Waals surface area contributed by atoms with Gasteiger partial charge in [-0.05, 0) is 6.42 Å². The second-order valence-electron chi connectivity index (χ2n) is 7.00. The zero-order valence-electron chi connectivity index (χ0n) is 17.2. The van der Waals surface area contributed by atoms with Gasteiger partial charge in [0.25, 0.3) is 0 Å². The van der Waals surface area contributed by atoms with Crippen molar-refractivity contribution in [3.05, 3.63) is 0 Å². The standard InChI is InChI=1S/C19H42NO6P/c1-2-3-4-5-6-7-8-9-10-11-12-13-15-24-17-19(21)18-26-27(22,23)25-16-14-20/h19,21H,2-18,20H2,1H3,(H,22,23). The normalized spacial score (nSPS) is 15.0. The van der Waals surface area contributed by atoms with Crippen LogP contribution in [0.5, 0.6) is 0 Å². The van der Waals surface area contributed by atoms with Gasteiger partial charge in [0.15, 0.2) is 0 Å². The maximum absolute atomic E-state index is 11.4. The highest BCUT2D eigenvalue weighted by molar-refractivity contribution is 7.47. The molecular weight excluding hydrogens is 369 g/mol. The van der Waals surface area contributed by atoms with Crippen molar-refractivity contribution in [3.63, 3.8) is 0 Å². The van der Waals surface area contributed by atoms with Crippen molar-refractivity contribution in [1.82, 2.24) is 0 Å². The maximum Gasteiger partial charge on any atom is 0.472 e. The molecule has 2 unspecified atom stereocenters. The lowest BCUT2D eigenvalue weighted by Crippen LogP contribution is -2.22. The highest BCUT2D eigenvalue weighted by atomic mass is 31.2. The van der Waals surface area contributed by atoms with Gasteiger partial charge >= 0.3 is 7.82 Å². The van der Waals surface area contributed by atoms with Gasteiger partial charge in [-0.3, -0.25) is 9.05 Å². The molecule has 0 radical (unpaired) electrons. The predicted molar refractivity (Wildman–Crippen MR) is 109 cm³/mol. The van der Waals surface area contributed by atoms with Crippen LogP contribution in [0.25, 0.3) is 0 Å². The summed E-state index contributed by atoms with van der Waals surface area (Å²) >= 11 is 0. The third-order valence-corrected chi connectivity index (χ3v) is 5.24.